The van der Waals surface area contributed by atoms with Gasteiger partial charge in [-0.25, -0.2) is 4.99 Å². The Morgan fingerprint density at radius 2 is 1.85 bits per heavy atom. The molecule has 0 bridgehead atoms. The highest BCUT2D eigenvalue weighted by atomic mass is 35.5. The molecule has 0 radical (unpaired) electrons. The van der Waals surface area contributed by atoms with Gasteiger partial charge in [-0.1, -0.05) is 47.6 Å². The smallest absolute Gasteiger partial charge is 0.234 e. The maximum Gasteiger partial charge on any atom is 0.234 e. The van der Waals surface area contributed by atoms with Gasteiger partial charge in [0.15, 0.2) is 5.17 Å². The summed E-state index contributed by atoms with van der Waals surface area (Å²) in [5, 5.41) is 4.52. The number of nitrogens with zero attached hydrogens (tertiary/aromatic N) is 2. The highest BCUT2D eigenvalue weighted by Crippen LogP contribution is 2.24. The van der Waals surface area contributed by atoms with Gasteiger partial charge in [-0.3, -0.25) is 4.79 Å². The van der Waals surface area contributed by atoms with E-state index in [1.54, 1.807) is 0 Å². The normalized spacial score (nSPS) is 14.9. The number of halogens is 1. The number of benzene rings is 2. The molecule has 0 aliphatic carbocycles. The van der Waals surface area contributed by atoms with E-state index in [4.69, 9.17) is 16.6 Å². The van der Waals surface area contributed by atoms with Gasteiger partial charge in [0.2, 0.25) is 5.91 Å². The first-order valence-electron chi connectivity index (χ1n) is 9.20. The first-order chi connectivity index (χ1) is 13.1. The molecule has 3 rings (SSSR count). The first-order valence-corrected chi connectivity index (χ1v) is 10.6. The van der Waals surface area contributed by atoms with Crippen LogP contribution in [0.1, 0.15) is 24.8 Å². The summed E-state index contributed by atoms with van der Waals surface area (Å²) >= 11 is 7.63. The van der Waals surface area contributed by atoms with Gasteiger partial charge in [-0.2, -0.15) is 0 Å². The van der Waals surface area contributed by atoms with Gasteiger partial charge in [-0.05, 0) is 56.0 Å². The number of amidine groups is 1. The fourth-order valence-corrected chi connectivity index (χ4v) is 3.99. The SMILES string of the molecule is Cc1c(Cl)cccc1NC(=O)CSC(=Nc1ccccc1)N1CCCCC1. The van der Waals surface area contributed by atoms with Gasteiger partial charge in [0.1, 0.15) is 0 Å². The number of carbonyl (C=O) groups is 1. The van der Waals surface area contributed by atoms with E-state index in [1.165, 1.54) is 31.0 Å². The number of rotatable bonds is 4. The van der Waals surface area contributed by atoms with Gasteiger partial charge >= 0.3 is 0 Å². The minimum Gasteiger partial charge on any atom is -0.351 e. The van der Waals surface area contributed by atoms with E-state index in [1.807, 2.05) is 55.5 Å². The van der Waals surface area contributed by atoms with E-state index in [0.717, 1.165) is 35.2 Å². The van der Waals surface area contributed by atoms with E-state index in [0.29, 0.717) is 10.8 Å². The number of likely N-dealkylation sites (tertiary alicyclic amines) is 1. The molecule has 1 amide bonds. The van der Waals surface area contributed by atoms with Crippen LogP contribution in [0.5, 0.6) is 0 Å². The van der Waals surface area contributed by atoms with Crippen molar-refractivity contribution in [3.05, 3.63) is 59.1 Å². The lowest BCUT2D eigenvalue weighted by Gasteiger charge is -2.29. The fourth-order valence-electron chi connectivity index (χ4n) is 2.95. The van der Waals surface area contributed by atoms with Crippen LogP contribution in [-0.4, -0.2) is 34.8 Å². The number of nitrogens with one attached hydrogen (secondary N) is 1. The number of para-hydroxylation sites is 1. The molecule has 2 aromatic rings. The van der Waals surface area contributed by atoms with Gasteiger partial charge < -0.3 is 10.2 Å². The first kappa shape index (κ1) is 19.8. The Labute approximate surface area is 170 Å². The van der Waals surface area contributed by atoms with Crippen molar-refractivity contribution in [2.75, 3.05) is 24.2 Å². The van der Waals surface area contributed by atoms with E-state index in [2.05, 4.69) is 10.2 Å². The number of piperidine rings is 1. The summed E-state index contributed by atoms with van der Waals surface area (Å²) in [6, 6.07) is 15.4. The zero-order valence-electron chi connectivity index (χ0n) is 15.5. The maximum absolute atomic E-state index is 12.5. The Hall–Kier alpha value is -1.98. The molecule has 0 atom stereocenters. The molecule has 0 saturated carbocycles. The minimum atomic E-state index is -0.0527. The molecule has 1 fully saturated rings. The number of hydrogen-bond donors (Lipinski definition) is 1. The topological polar surface area (TPSA) is 44.7 Å². The lowest BCUT2D eigenvalue weighted by Crippen LogP contribution is -2.34. The second-order valence-corrected chi connectivity index (χ2v) is 7.88. The molecule has 0 spiro atoms. The summed E-state index contributed by atoms with van der Waals surface area (Å²) in [6.45, 7) is 3.89. The van der Waals surface area contributed by atoms with Gasteiger partial charge in [0, 0.05) is 23.8 Å². The lowest BCUT2D eigenvalue weighted by atomic mass is 10.1. The zero-order chi connectivity index (χ0) is 19.1. The number of thioether (sulfide) groups is 1. The average Bonchev–Trinajstić information content (AvgIpc) is 2.70. The molecule has 1 aliphatic heterocycles. The third-order valence-corrected chi connectivity index (χ3v) is 5.91. The molecule has 142 valence electrons. The Balaban J connectivity index is 1.67. The van der Waals surface area contributed by atoms with E-state index >= 15 is 0 Å². The van der Waals surface area contributed by atoms with Crippen molar-refractivity contribution in [1.82, 2.24) is 4.90 Å². The number of amides is 1. The van der Waals surface area contributed by atoms with Crippen molar-refractivity contribution in [2.45, 2.75) is 26.2 Å². The zero-order valence-corrected chi connectivity index (χ0v) is 17.0. The monoisotopic (exact) mass is 401 g/mol. The quantitative estimate of drug-likeness (QED) is 0.543. The van der Waals surface area contributed by atoms with Crippen LogP contribution < -0.4 is 5.32 Å². The number of anilines is 1. The van der Waals surface area contributed by atoms with Crippen LogP contribution in [0.4, 0.5) is 11.4 Å². The molecular formula is C21H24ClN3OS. The molecule has 1 N–H and O–H groups in total. The van der Waals surface area contributed by atoms with Crippen LogP contribution in [0.2, 0.25) is 5.02 Å². The summed E-state index contributed by atoms with van der Waals surface area (Å²) in [4.78, 5) is 19.6. The summed E-state index contributed by atoms with van der Waals surface area (Å²) in [7, 11) is 0. The van der Waals surface area contributed by atoms with Crippen molar-refractivity contribution in [3.63, 3.8) is 0 Å². The molecular weight excluding hydrogens is 378 g/mol. The minimum absolute atomic E-state index is 0.0527. The third-order valence-electron chi connectivity index (χ3n) is 4.48. The van der Waals surface area contributed by atoms with Crippen LogP contribution in [0, 0.1) is 6.92 Å². The van der Waals surface area contributed by atoms with Crippen LogP contribution >= 0.6 is 23.4 Å². The van der Waals surface area contributed by atoms with Crippen LogP contribution in [0.25, 0.3) is 0 Å². The van der Waals surface area contributed by atoms with Crippen LogP contribution in [0.15, 0.2) is 53.5 Å². The van der Waals surface area contributed by atoms with Crippen molar-refractivity contribution in [3.8, 4) is 0 Å². The van der Waals surface area contributed by atoms with E-state index in [9.17, 15) is 4.79 Å². The van der Waals surface area contributed by atoms with Crippen LogP contribution in [-0.2, 0) is 4.79 Å². The van der Waals surface area contributed by atoms with Crippen LogP contribution in [0.3, 0.4) is 0 Å². The molecule has 4 nitrogen and oxygen atoms in total. The summed E-state index contributed by atoms with van der Waals surface area (Å²) in [5.74, 6) is 0.261. The highest BCUT2D eigenvalue weighted by Gasteiger charge is 2.17. The largest absolute Gasteiger partial charge is 0.351 e. The number of hydrogen-bond acceptors (Lipinski definition) is 3. The second kappa shape index (κ2) is 9.81. The number of aliphatic imine (C=N–C) groups is 1. The average molecular weight is 402 g/mol. The molecule has 0 aromatic heterocycles. The Morgan fingerprint density at radius 1 is 1.11 bits per heavy atom. The Kier molecular flexibility index (Phi) is 7.18. The van der Waals surface area contributed by atoms with Gasteiger partial charge in [0.25, 0.3) is 0 Å². The van der Waals surface area contributed by atoms with Crippen molar-refractivity contribution in [1.29, 1.82) is 0 Å². The number of carbonyl (C=O) groups excluding carboxylic acids is 1. The molecule has 1 saturated heterocycles. The highest BCUT2D eigenvalue weighted by molar-refractivity contribution is 8.14. The van der Waals surface area contributed by atoms with Crippen molar-refractivity contribution in [2.24, 2.45) is 4.99 Å². The van der Waals surface area contributed by atoms with Gasteiger partial charge in [-0.15, -0.1) is 0 Å². The van der Waals surface area contributed by atoms with Crippen molar-refractivity contribution < 1.29 is 4.79 Å². The summed E-state index contributed by atoms with van der Waals surface area (Å²) < 4.78 is 0. The Morgan fingerprint density at radius 3 is 2.59 bits per heavy atom. The standard InChI is InChI=1S/C21H24ClN3OS/c1-16-18(22)11-8-12-19(16)24-20(26)15-27-21(25-13-6-3-7-14-25)23-17-9-4-2-5-10-17/h2,4-5,8-12H,3,6-7,13-15H2,1H3,(H,24,26). The third kappa shape index (κ3) is 5.75. The molecule has 27 heavy (non-hydrogen) atoms. The lowest BCUT2D eigenvalue weighted by molar-refractivity contribution is -0.113. The second-order valence-electron chi connectivity index (χ2n) is 6.53. The van der Waals surface area contributed by atoms with Gasteiger partial charge in [0.05, 0.1) is 11.4 Å². The van der Waals surface area contributed by atoms with E-state index in [-0.39, 0.29) is 5.91 Å². The predicted molar refractivity (Wildman–Crippen MR) is 116 cm³/mol. The summed E-state index contributed by atoms with van der Waals surface area (Å²) in [6.07, 6.45) is 3.60. The summed E-state index contributed by atoms with van der Waals surface area (Å²) in [5.41, 5.74) is 2.55. The Bertz CT molecular complexity index is 804. The fraction of sp³-hybridized carbons (Fsp3) is 0.333. The molecule has 0 unspecified atom stereocenters. The molecule has 6 heteroatoms. The molecule has 1 aliphatic rings. The molecule has 2 aromatic carbocycles. The maximum atomic E-state index is 12.5. The molecule has 1 heterocycles. The predicted octanol–water partition coefficient (Wildman–Crippen LogP) is 5.49. The van der Waals surface area contributed by atoms with E-state index < -0.39 is 0 Å². The van der Waals surface area contributed by atoms with Crippen molar-refractivity contribution >= 4 is 45.8 Å².